The summed E-state index contributed by atoms with van der Waals surface area (Å²) in [6.45, 7) is 5.71. The van der Waals surface area contributed by atoms with Gasteiger partial charge in [-0.05, 0) is 18.6 Å². The molecule has 1 fully saturated rings. The Morgan fingerprint density at radius 2 is 2.32 bits per heavy atom. The largest absolute Gasteiger partial charge is 0.496 e. The molecule has 1 aliphatic heterocycles. The van der Waals surface area contributed by atoms with Gasteiger partial charge in [0.15, 0.2) is 0 Å². The molecule has 1 aliphatic rings. The van der Waals surface area contributed by atoms with E-state index in [1.165, 1.54) is 13.2 Å². The van der Waals surface area contributed by atoms with Crippen LogP contribution in [0.3, 0.4) is 0 Å². The van der Waals surface area contributed by atoms with Gasteiger partial charge in [-0.2, -0.15) is 0 Å². The summed E-state index contributed by atoms with van der Waals surface area (Å²) in [6, 6.07) is 5.38. The van der Waals surface area contributed by atoms with Gasteiger partial charge in [-0.15, -0.1) is 0 Å². The van der Waals surface area contributed by atoms with Gasteiger partial charge in [-0.1, -0.05) is 0 Å². The molecule has 2 rings (SSSR count). The van der Waals surface area contributed by atoms with Crippen LogP contribution in [0.5, 0.6) is 5.75 Å². The zero-order chi connectivity index (χ0) is 13.8. The maximum atomic E-state index is 10.9. The highest BCUT2D eigenvalue weighted by Crippen LogP contribution is 2.23. The molecule has 6 nitrogen and oxygen atoms in total. The fourth-order valence-electron chi connectivity index (χ4n) is 2.37. The summed E-state index contributed by atoms with van der Waals surface area (Å²) in [5.41, 5.74) is 0.998. The summed E-state index contributed by atoms with van der Waals surface area (Å²) in [4.78, 5) is 12.8. The quantitative estimate of drug-likeness (QED) is 0.658. The summed E-state index contributed by atoms with van der Waals surface area (Å²) in [6.07, 6.45) is 0. The van der Waals surface area contributed by atoms with Crippen LogP contribution in [0.15, 0.2) is 18.2 Å². The SMILES string of the molecule is COc1cc(CN2CCN[C@@H](C)C2)cc([N+](=O)[O-])c1. The van der Waals surface area contributed by atoms with E-state index in [2.05, 4.69) is 17.1 Å². The van der Waals surface area contributed by atoms with Gasteiger partial charge in [0.05, 0.1) is 18.1 Å². The van der Waals surface area contributed by atoms with Crippen molar-refractivity contribution in [3.63, 3.8) is 0 Å². The van der Waals surface area contributed by atoms with E-state index in [0.29, 0.717) is 18.3 Å². The molecule has 0 aliphatic carbocycles. The van der Waals surface area contributed by atoms with E-state index < -0.39 is 0 Å². The Morgan fingerprint density at radius 1 is 1.53 bits per heavy atom. The number of nitro benzene ring substituents is 1. The number of piperazine rings is 1. The monoisotopic (exact) mass is 265 g/mol. The standard InChI is InChI=1S/C13H19N3O3/c1-10-8-15(4-3-14-10)9-11-5-12(16(17)18)7-13(6-11)19-2/h5-7,10,14H,3-4,8-9H2,1-2H3/t10-/m0/s1. The van der Waals surface area contributed by atoms with Crippen LogP contribution in [0, 0.1) is 10.1 Å². The van der Waals surface area contributed by atoms with Crippen LogP contribution >= 0.6 is 0 Å². The van der Waals surface area contributed by atoms with Crippen LogP contribution in [0.2, 0.25) is 0 Å². The lowest BCUT2D eigenvalue weighted by molar-refractivity contribution is -0.385. The van der Waals surface area contributed by atoms with Crippen molar-refractivity contribution in [2.45, 2.75) is 19.5 Å². The molecule has 1 heterocycles. The van der Waals surface area contributed by atoms with E-state index in [4.69, 9.17) is 4.74 Å². The van der Waals surface area contributed by atoms with Gasteiger partial charge in [0, 0.05) is 38.3 Å². The van der Waals surface area contributed by atoms with Crippen LogP contribution in [-0.4, -0.2) is 42.6 Å². The van der Waals surface area contributed by atoms with Crippen molar-refractivity contribution in [1.29, 1.82) is 0 Å². The topological polar surface area (TPSA) is 67.6 Å². The van der Waals surface area contributed by atoms with E-state index >= 15 is 0 Å². The van der Waals surface area contributed by atoms with Crippen molar-refractivity contribution in [3.05, 3.63) is 33.9 Å². The molecule has 1 aromatic carbocycles. The fraction of sp³-hybridized carbons (Fsp3) is 0.538. The number of nitrogens with one attached hydrogen (secondary N) is 1. The molecule has 6 heteroatoms. The predicted octanol–water partition coefficient (Wildman–Crippen LogP) is 1.40. The van der Waals surface area contributed by atoms with Crippen molar-refractivity contribution < 1.29 is 9.66 Å². The Balaban J connectivity index is 2.14. The van der Waals surface area contributed by atoms with Gasteiger partial charge in [0.25, 0.3) is 5.69 Å². The van der Waals surface area contributed by atoms with Gasteiger partial charge in [0.2, 0.25) is 0 Å². The minimum Gasteiger partial charge on any atom is -0.496 e. The van der Waals surface area contributed by atoms with Crippen LogP contribution in [0.25, 0.3) is 0 Å². The zero-order valence-electron chi connectivity index (χ0n) is 11.3. The number of hydrogen-bond donors (Lipinski definition) is 1. The number of nitro groups is 1. The minimum absolute atomic E-state index is 0.0810. The molecule has 1 aromatic rings. The second-order valence-electron chi connectivity index (χ2n) is 4.89. The first-order chi connectivity index (χ1) is 9.08. The van der Waals surface area contributed by atoms with E-state index in [0.717, 1.165) is 25.2 Å². The van der Waals surface area contributed by atoms with E-state index in [9.17, 15) is 10.1 Å². The second-order valence-corrected chi connectivity index (χ2v) is 4.89. The normalized spacial score (nSPS) is 20.2. The first-order valence-corrected chi connectivity index (χ1v) is 6.36. The third kappa shape index (κ3) is 3.65. The molecule has 0 bridgehead atoms. The Hall–Kier alpha value is -1.66. The Labute approximate surface area is 112 Å². The summed E-state index contributed by atoms with van der Waals surface area (Å²) >= 11 is 0. The Bertz CT molecular complexity index is 464. The summed E-state index contributed by atoms with van der Waals surface area (Å²) in [7, 11) is 1.52. The van der Waals surface area contributed by atoms with Crippen LogP contribution < -0.4 is 10.1 Å². The summed E-state index contributed by atoms with van der Waals surface area (Å²) in [5, 5.41) is 14.3. The lowest BCUT2D eigenvalue weighted by Crippen LogP contribution is -2.48. The molecule has 0 spiro atoms. The molecule has 1 N–H and O–H groups in total. The molecule has 1 atom stereocenters. The molecule has 19 heavy (non-hydrogen) atoms. The lowest BCUT2D eigenvalue weighted by Gasteiger charge is -2.31. The second kappa shape index (κ2) is 5.99. The predicted molar refractivity (Wildman–Crippen MR) is 72.4 cm³/mol. The number of nitrogens with zero attached hydrogens (tertiary/aromatic N) is 2. The maximum absolute atomic E-state index is 10.9. The molecule has 0 aromatic heterocycles. The van der Waals surface area contributed by atoms with Crippen molar-refractivity contribution in [3.8, 4) is 5.75 Å². The highest BCUT2D eigenvalue weighted by molar-refractivity contribution is 5.42. The van der Waals surface area contributed by atoms with Crippen molar-refractivity contribution in [1.82, 2.24) is 10.2 Å². The van der Waals surface area contributed by atoms with Crippen molar-refractivity contribution >= 4 is 5.69 Å². The van der Waals surface area contributed by atoms with E-state index in [1.807, 2.05) is 6.07 Å². The summed E-state index contributed by atoms with van der Waals surface area (Å²) < 4.78 is 5.12. The van der Waals surface area contributed by atoms with Gasteiger partial charge in [-0.25, -0.2) is 0 Å². The number of rotatable bonds is 4. The van der Waals surface area contributed by atoms with Gasteiger partial charge in [0.1, 0.15) is 5.75 Å². The van der Waals surface area contributed by atoms with Gasteiger partial charge >= 0.3 is 0 Å². The van der Waals surface area contributed by atoms with Gasteiger partial charge in [-0.3, -0.25) is 15.0 Å². The van der Waals surface area contributed by atoms with E-state index in [1.54, 1.807) is 6.07 Å². The number of ether oxygens (including phenoxy) is 1. The summed E-state index contributed by atoms with van der Waals surface area (Å²) in [5.74, 6) is 0.535. The first kappa shape index (κ1) is 13.8. The third-order valence-electron chi connectivity index (χ3n) is 3.26. The number of non-ortho nitro benzene ring substituents is 1. The lowest BCUT2D eigenvalue weighted by atomic mass is 10.1. The Morgan fingerprint density at radius 3 is 2.95 bits per heavy atom. The average molecular weight is 265 g/mol. The van der Waals surface area contributed by atoms with Gasteiger partial charge < -0.3 is 10.1 Å². The molecule has 0 saturated carbocycles. The molecule has 1 saturated heterocycles. The minimum atomic E-state index is -0.383. The van der Waals surface area contributed by atoms with Crippen LogP contribution in [-0.2, 0) is 6.54 Å². The molecular formula is C13H19N3O3. The third-order valence-corrected chi connectivity index (χ3v) is 3.26. The molecular weight excluding hydrogens is 246 g/mol. The average Bonchev–Trinajstić information content (AvgIpc) is 2.38. The fourth-order valence-corrected chi connectivity index (χ4v) is 2.37. The highest BCUT2D eigenvalue weighted by atomic mass is 16.6. The first-order valence-electron chi connectivity index (χ1n) is 6.36. The number of methoxy groups -OCH3 is 1. The number of hydrogen-bond acceptors (Lipinski definition) is 5. The molecule has 104 valence electrons. The van der Waals surface area contributed by atoms with Crippen molar-refractivity contribution in [2.24, 2.45) is 0 Å². The van der Waals surface area contributed by atoms with Crippen LogP contribution in [0.4, 0.5) is 5.69 Å². The smallest absolute Gasteiger partial charge is 0.273 e. The molecule has 0 radical (unpaired) electrons. The van der Waals surface area contributed by atoms with Crippen LogP contribution in [0.1, 0.15) is 12.5 Å². The Kier molecular flexibility index (Phi) is 4.34. The molecule has 0 amide bonds. The molecule has 0 unspecified atom stereocenters. The van der Waals surface area contributed by atoms with Crippen molar-refractivity contribution in [2.75, 3.05) is 26.7 Å². The van der Waals surface area contributed by atoms with E-state index in [-0.39, 0.29) is 10.6 Å². The zero-order valence-corrected chi connectivity index (χ0v) is 11.3. The maximum Gasteiger partial charge on any atom is 0.273 e. The number of benzene rings is 1. The highest BCUT2D eigenvalue weighted by Gasteiger charge is 2.17.